The second-order valence-corrected chi connectivity index (χ2v) is 6.58. The first-order chi connectivity index (χ1) is 8.89. The maximum atomic E-state index is 11.9. The van der Waals surface area contributed by atoms with Crippen LogP contribution in [0.15, 0.2) is 24.3 Å². The second-order valence-electron chi connectivity index (χ2n) is 4.35. The van der Waals surface area contributed by atoms with Crippen LogP contribution in [0.25, 0.3) is 0 Å². The zero-order valence-corrected chi connectivity index (χ0v) is 10.7. The topological polar surface area (TPSA) is 106 Å². The van der Waals surface area contributed by atoms with E-state index in [1.165, 1.54) is 24.3 Å². The van der Waals surface area contributed by atoms with Gasteiger partial charge in [-0.15, -0.1) is 0 Å². The fourth-order valence-corrected chi connectivity index (χ4v) is 3.67. The smallest absolute Gasteiger partial charge is 0.282 e. The molecule has 102 valence electrons. The summed E-state index contributed by atoms with van der Waals surface area (Å²) in [6.45, 7) is 0. The predicted octanol–water partition coefficient (Wildman–Crippen LogP) is 0.512. The van der Waals surface area contributed by atoms with Crippen LogP contribution in [0.1, 0.15) is 16.8 Å². The molecule has 1 heterocycles. The first-order valence-electron chi connectivity index (χ1n) is 5.64. The molecule has 0 aliphatic carbocycles. The third kappa shape index (κ3) is 3.08. The highest BCUT2D eigenvalue weighted by Gasteiger charge is 2.30. The number of rotatable bonds is 3. The number of para-hydroxylation sites is 1. The Bertz CT molecular complexity index is 626. The molecule has 1 aliphatic heterocycles. The molecule has 0 unspecified atom stereocenters. The summed E-state index contributed by atoms with van der Waals surface area (Å²) in [4.78, 5) is 22.1. The molecule has 1 N–H and O–H groups in total. The van der Waals surface area contributed by atoms with Crippen LogP contribution < -0.4 is 5.32 Å². The van der Waals surface area contributed by atoms with Crippen molar-refractivity contribution in [3.63, 3.8) is 0 Å². The number of nitro benzene ring substituents is 1. The number of nitrogens with zero attached hydrogens (tertiary/aromatic N) is 1. The molecule has 1 atom stereocenters. The molecule has 0 spiro atoms. The molecular weight excluding hydrogens is 272 g/mol. The number of amides is 1. The molecule has 0 bridgehead atoms. The summed E-state index contributed by atoms with van der Waals surface area (Å²) in [5, 5.41) is 13.3. The van der Waals surface area contributed by atoms with Crippen molar-refractivity contribution in [3.05, 3.63) is 39.9 Å². The number of nitrogens with one attached hydrogen (secondary N) is 1. The van der Waals surface area contributed by atoms with Gasteiger partial charge in [-0.25, -0.2) is 8.42 Å². The summed E-state index contributed by atoms with van der Waals surface area (Å²) in [6, 6.07) is 5.09. The van der Waals surface area contributed by atoms with Crippen LogP contribution in [0, 0.1) is 10.1 Å². The van der Waals surface area contributed by atoms with Crippen molar-refractivity contribution < 1.29 is 18.1 Å². The molecule has 1 amide bonds. The van der Waals surface area contributed by atoms with Crippen molar-refractivity contribution in [2.75, 3.05) is 11.5 Å². The Labute approximate surface area is 109 Å². The molecule has 0 aromatic heterocycles. The van der Waals surface area contributed by atoms with Gasteiger partial charge in [0, 0.05) is 12.1 Å². The predicted molar refractivity (Wildman–Crippen MR) is 67.6 cm³/mol. The Balaban J connectivity index is 2.15. The van der Waals surface area contributed by atoms with Gasteiger partial charge in [0.15, 0.2) is 9.84 Å². The van der Waals surface area contributed by atoms with Crippen LogP contribution in [-0.4, -0.2) is 36.8 Å². The van der Waals surface area contributed by atoms with Gasteiger partial charge in [-0.05, 0) is 12.5 Å². The molecule has 1 fully saturated rings. The summed E-state index contributed by atoms with van der Waals surface area (Å²) < 4.78 is 22.5. The number of benzene rings is 1. The lowest BCUT2D eigenvalue weighted by Gasteiger charge is -2.10. The first-order valence-corrected chi connectivity index (χ1v) is 7.46. The summed E-state index contributed by atoms with van der Waals surface area (Å²) >= 11 is 0. The van der Waals surface area contributed by atoms with Crippen molar-refractivity contribution in [3.8, 4) is 0 Å². The van der Waals surface area contributed by atoms with E-state index in [4.69, 9.17) is 0 Å². The van der Waals surface area contributed by atoms with Crippen molar-refractivity contribution in [2.24, 2.45) is 0 Å². The van der Waals surface area contributed by atoms with E-state index in [1.54, 1.807) is 0 Å². The second kappa shape index (κ2) is 4.96. The van der Waals surface area contributed by atoms with Gasteiger partial charge in [-0.3, -0.25) is 14.9 Å². The van der Waals surface area contributed by atoms with Crippen LogP contribution in [0.5, 0.6) is 0 Å². The van der Waals surface area contributed by atoms with E-state index in [1.807, 2.05) is 0 Å². The van der Waals surface area contributed by atoms with Crippen LogP contribution in [-0.2, 0) is 9.84 Å². The highest BCUT2D eigenvalue weighted by molar-refractivity contribution is 7.91. The summed E-state index contributed by atoms with van der Waals surface area (Å²) in [5.41, 5.74) is -0.349. The number of sulfone groups is 1. The highest BCUT2D eigenvalue weighted by Crippen LogP contribution is 2.18. The van der Waals surface area contributed by atoms with Crippen LogP contribution in [0.4, 0.5) is 5.69 Å². The Morgan fingerprint density at radius 2 is 2.05 bits per heavy atom. The van der Waals surface area contributed by atoms with Crippen molar-refractivity contribution in [1.82, 2.24) is 5.32 Å². The molecule has 1 saturated heterocycles. The number of carbonyl (C=O) groups excluding carboxylic acids is 1. The third-order valence-corrected chi connectivity index (χ3v) is 4.68. The Kier molecular flexibility index (Phi) is 3.52. The minimum Gasteiger partial charge on any atom is -0.348 e. The maximum Gasteiger partial charge on any atom is 0.282 e. The Hall–Kier alpha value is -1.96. The molecule has 0 saturated carbocycles. The molecule has 7 nitrogen and oxygen atoms in total. The highest BCUT2D eigenvalue weighted by atomic mass is 32.2. The molecule has 1 aromatic carbocycles. The summed E-state index contributed by atoms with van der Waals surface area (Å²) in [5.74, 6) is -0.691. The van der Waals surface area contributed by atoms with Gasteiger partial charge >= 0.3 is 0 Å². The third-order valence-electron chi connectivity index (χ3n) is 2.91. The minimum atomic E-state index is -3.10. The fraction of sp³-hybridized carbons (Fsp3) is 0.364. The molecule has 0 radical (unpaired) electrons. The molecular formula is C11H12N2O5S. The van der Waals surface area contributed by atoms with Crippen LogP contribution in [0.2, 0.25) is 0 Å². The Morgan fingerprint density at radius 1 is 1.37 bits per heavy atom. The molecule has 8 heteroatoms. The van der Waals surface area contributed by atoms with Gasteiger partial charge in [0.1, 0.15) is 5.56 Å². The number of carbonyl (C=O) groups is 1. The van der Waals surface area contributed by atoms with E-state index in [0.29, 0.717) is 6.42 Å². The first kappa shape index (κ1) is 13.5. The lowest BCUT2D eigenvalue weighted by Crippen LogP contribution is -2.35. The number of nitro groups is 1. The molecule has 2 rings (SSSR count). The van der Waals surface area contributed by atoms with Gasteiger partial charge in [0.2, 0.25) is 0 Å². The summed E-state index contributed by atoms with van der Waals surface area (Å²) in [7, 11) is -3.10. The van der Waals surface area contributed by atoms with E-state index >= 15 is 0 Å². The van der Waals surface area contributed by atoms with Gasteiger partial charge in [-0.2, -0.15) is 0 Å². The summed E-state index contributed by atoms with van der Waals surface area (Å²) in [6.07, 6.45) is 0.342. The normalized spacial score (nSPS) is 20.9. The van der Waals surface area contributed by atoms with Gasteiger partial charge < -0.3 is 5.32 Å². The largest absolute Gasteiger partial charge is 0.348 e. The maximum absolute atomic E-state index is 11.9. The van der Waals surface area contributed by atoms with Crippen molar-refractivity contribution >= 4 is 21.4 Å². The van der Waals surface area contributed by atoms with E-state index in [-0.39, 0.29) is 22.8 Å². The zero-order valence-electron chi connectivity index (χ0n) is 9.90. The Morgan fingerprint density at radius 3 is 2.63 bits per heavy atom. The molecule has 19 heavy (non-hydrogen) atoms. The lowest BCUT2D eigenvalue weighted by atomic mass is 10.1. The average Bonchev–Trinajstić information content (AvgIpc) is 2.68. The van der Waals surface area contributed by atoms with Crippen molar-refractivity contribution in [2.45, 2.75) is 12.5 Å². The van der Waals surface area contributed by atoms with Gasteiger partial charge in [-0.1, -0.05) is 12.1 Å². The number of hydrogen-bond donors (Lipinski definition) is 1. The zero-order chi connectivity index (χ0) is 14.0. The van der Waals surface area contributed by atoms with Gasteiger partial charge in [0.25, 0.3) is 11.6 Å². The van der Waals surface area contributed by atoms with E-state index in [2.05, 4.69) is 5.32 Å². The van der Waals surface area contributed by atoms with E-state index in [9.17, 15) is 23.3 Å². The minimum absolute atomic E-state index is 0.0365. The molecule has 1 aromatic rings. The van der Waals surface area contributed by atoms with Gasteiger partial charge in [0.05, 0.1) is 16.4 Å². The SMILES string of the molecule is O=C(N[C@H]1CCS(=O)(=O)C1)c1ccccc1[N+](=O)[O-]. The van der Waals surface area contributed by atoms with Crippen molar-refractivity contribution in [1.29, 1.82) is 0 Å². The fourth-order valence-electron chi connectivity index (χ4n) is 2.00. The number of hydrogen-bond acceptors (Lipinski definition) is 5. The van der Waals surface area contributed by atoms with E-state index in [0.717, 1.165) is 0 Å². The van der Waals surface area contributed by atoms with Crippen LogP contribution >= 0.6 is 0 Å². The molecule has 1 aliphatic rings. The standard InChI is InChI=1S/C11H12N2O5S/c14-11(12-8-5-6-19(17,18)7-8)9-3-1-2-4-10(9)13(15)16/h1-4,8H,5-7H2,(H,12,14)/t8-/m0/s1. The quantitative estimate of drug-likeness (QED) is 0.643. The van der Waals surface area contributed by atoms with Crippen LogP contribution in [0.3, 0.4) is 0 Å². The average molecular weight is 284 g/mol. The monoisotopic (exact) mass is 284 g/mol. The lowest BCUT2D eigenvalue weighted by molar-refractivity contribution is -0.385. The van der Waals surface area contributed by atoms with E-state index < -0.39 is 26.7 Å².